The van der Waals surface area contributed by atoms with E-state index >= 15 is 0 Å². The molecule has 0 unspecified atom stereocenters. The molecule has 0 N–H and O–H groups in total. The fourth-order valence-electron chi connectivity index (χ4n) is 3.05. The number of methoxy groups -OCH3 is 2. The number of hydrogen-bond donors (Lipinski definition) is 0. The summed E-state index contributed by atoms with van der Waals surface area (Å²) in [5, 5.41) is 0. The molecule has 0 spiro atoms. The van der Waals surface area contributed by atoms with Crippen molar-refractivity contribution in [1.82, 2.24) is 4.90 Å². The molecule has 1 amide bonds. The van der Waals surface area contributed by atoms with Crippen LogP contribution in [-0.4, -0.2) is 51.2 Å². The van der Waals surface area contributed by atoms with E-state index in [-0.39, 0.29) is 11.7 Å². The topological polar surface area (TPSA) is 42.0 Å². The van der Waals surface area contributed by atoms with Crippen molar-refractivity contribution in [2.45, 2.75) is 0 Å². The van der Waals surface area contributed by atoms with Crippen molar-refractivity contribution in [1.29, 1.82) is 0 Å². The Hall–Kier alpha value is -3.02. The van der Waals surface area contributed by atoms with Crippen LogP contribution < -0.4 is 14.4 Å². The lowest BCUT2D eigenvalue weighted by Crippen LogP contribution is -2.48. The third-order valence-electron chi connectivity index (χ3n) is 4.60. The number of hydrogen-bond acceptors (Lipinski definition) is 4. The van der Waals surface area contributed by atoms with Gasteiger partial charge in [0.15, 0.2) is 11.6 Å². The zero-order valence-electron chi connectivity index (χ0n) is 15.5. The van der Waals surface area contributed by atoms with Gasteiger partial charge in [0.1, 0.15) is 5.75 Å². The number of amides is 1. The van der Waals surface area contributed by atoms with Crippen LogP contribution in [-0.2, 0) is 4.79 Å². The Morgan fingerprint density at radius 3 is 2.48 bits per heavy atom. The average molecular weight is 370 g/mol. The number of nitrogens with zero attached hydrogens (tertiary/aromatic N) is 2. The molecular weight excluding hydrogens is 347 g/mol. The third-order valence-corrected chi connectivity index (χ3v) is 4.60. The molecule has 5 nitrogen and oxygen atoms in total. The second-order valence-corrected chi connectivity index (χ2v) is 6.24. The predicted octanol–water partition coefficient (Wildman–Crippen LogP) is 3.20. The van der Waals surface area contributed by atoms with Crippen molar-refractivity contribution in [3.8, 4) is 11.5 Å². The summed E-state index contributed by atoms with van der Waals surface area (Å²) in [7, 11) is 3.07. The first kappa shape index (κ1) is 18.8. The monoisotopic (exact) mass is 370 g/mol. The maximum Gasteiger partial charge on any atom is 0.246 e. The molecule has 27 heavy (non-hydrogen) atoms. The van der Waals surface area contributed by atoms with Gasteiger partial charge in [0.25, 0.3) is 0 Å². The molecule has 1 aliphatic rings. The number of ether oxygens (including phenoxy) is 2. The standard InChI is InChI=1S/C21H23FN2O3/c1-26-18-5-3-4-17(15-18)23-10-12-24(13-11-23)21(25)9-7-16-6-8-20(27-2)19(22)14-16/h3-9,14-15H,10-13H2,1-2H3/b9-7+. The van der Waals surface area contributed by atoms with Crippen LogP contribution in [0, 0.1) is 5.82 Å². The molecule has 1 heterocycles. The van der Waals surface area contributed by atoms with E-state index in [4.69, 9.17) is 9.47 Å². The van der Waals surface area contributed by atoms with E-state index in [2.05, 4.69) is 4.90 Å². The first-order valence-electron chi connectivity index (χ1n) is 8.80. The zero-order chi connectivity index (χ0) is 19.2. The molecule has 0 aromatic heterocycles. The normalized spacial score (nSPS) is 14.5. The van der Waals surface area contributed by atoms with Crippen LogP contribution >= 0.6 is 0 Å². The van der Waals surface area contributed by atoms with E-state index in [1.807, 2.05) is 24.3 Å². The molecule has 2 aromatic carbocycles. The molecule has 1 saturated heterocycles. The quantitative estimate of drug-likeness (QED) is 0.758. The minimum Gasteiger partial charge on any atom is -0.497 e. The van der Waals surface area contributed by atoms with E-state index in [9.17, 15) is 9.18 Å². The molecule has 0 bridgehead atoms. The molecule has 2 aromatic rings. The van der Waals surface area contributed by atoms with Gasteiger partial charge in [0, 0.05) is 44.0 Å². The lowest BCUT2D eigenvalue weighted by molar-refractivity contribution is -0.126. The van der Waals surface area contributed by atoms with Crippen LogP contribution in [0.4, 0.5) is 10.1 Å². The Balaban J connectivity index is 1.57. The Kier molecular flexibility index (Phi) is 5.96. The van der Waals surface area contributed by atoms with Crippen LogP contribution in [0.2, 0.25) is 0 Å². The summed E-state index contributed by atoms with van der Waals surface area (Å²) in [5.41, 5.74) is 1.71. The maximum absolute atomic E-state index is 13.7. The minimum atomic E-state index is -0.445. The van der Waals surface area contributed by atoms with Crippen LogP contribution in [0.15, 0.2) is 48.5 Å². The second kappa shape index (κ2) is 8.58. The van der Waals surface area contributed by atoms with E-state index in [1.54, 1.807) is 30.2 Å². The Morgan fingerprint density at radius 1 is 1.04 bits per heavy atom. The van der Waals surface area contributed by atoms with Crippen LogP contribution in [0.25, 0.3) is 6.08 Å². The van der Waals surface area contributed by atoms with Gasteiger partial charge in [-0.3, -0.25) is 4.79 Å². The first-order valence-corrected chi connectivity index (χ1v) is 8.80. The van der Waals surface area contributed by atoms with Gasteiger partial charge in [-0.2, -0.15) is 0 Å². The summed E-state index contributed by atoms with van der Waals surface area (Å²) in [6, 6.07) is 12.5. The SMILES string of the molecule is COc1cccc(N2CCN(C(=O)/C=C/c3ccc(OC)c(F)c3)CC2)c1. The molecule has 6 heteroatoms. The highest BCUT2D eigenvalue weighted by atomic mass is 19.1. The third kappa shape index (κ3) is 4.58. The fraction of sp³-hybridized carbons (Fsp3) is 0.286. The van der Waals surface area contributed by atoms with Gasteiger partial charge in [-0.25, -0.2) is 4.39 Å². The van der Waals surface area contributed by atoms with Gasteiger partial charge in [0.2, 0.25) is 5.91 Å². The lowest BCUT2D eigenvalue weighted by atomic mass is 10.2. The second-order valence-electron chi connectivity index (χ2n) is 6.24. The largest absolute Gasteiger partial charge is 0.497 e. The smallest absolute Gasteiger partial charge is 0.246 e. The molecule has 142 valence electrons. The highest BCUT2D eigenvalue weighted by molar-refractivity contribution is 5.92. The highest BCUT2D eigenvalue weighted by Gasteiger charge is 2.20. The van der Waals surface area contributed by atoms with Crippen molar-refractivity contribution in [2.75, 3.05) is 45.3 Å². The number of carbonyl (C=O) groups is 1. The highest BCUT2D eigenvalue weighted by Crippen LogP contribution is 2.22. The summed E-state index contributed by atoms with van der Waals surface area (Å²) in [4.78, 5) is 16.4. The fourth-order valence-corrected chi connectivity index (χ4v) is 3.05. The van der Waals surface area contributed by atoms with Crippen molar-refractivity contribution >= 4 is 17.7 Å². The Morgan fingerprint density at radius 2 is 1.81 bits per heavy atom. The molecule has 1 fully saturated rings. The van der Waals surface area contributed by atoms with Gasteiger partial charge in [-0.05, 0) is 35.9 Å². The average Bonchev–Trinajstić information content (AvgIpc) is 2.72. The molecule has 0 aliphatic carbocycles. The number of carbonyl (C=O) groups excluding carboxylic acids is 1. The summed E-state index contributed by atoms with van der Waals surface area (Å²) >= 11 is 0. The summed E-state index contributed by atoms with van der Waals surface area (Å²) in [6.45, 7) is 2.78. The first-order chi connectivity index (χ1) is 13.1. The van der Waals surface area contributed by atoms with E-state index in [0.717, 1.165) is 24.5 Å². The van der Waals surface area contributed by atoms with E-state index in [0.29, 0.717) is 18.7 Å². The molecule has 1 aliphatic heterocycles. The maximum atomic E-state index is 13.7. The van der Waals surface area contributed by atoms with Crippen LogP contribution in [0.3, 0.4) is 0 Å². The predicted molar refractivity (Wildman–Crippen MR) is 104 cm³/mol. The lowest BCUT2D eigenvalue weighted by Gasteiger charge is -2.35. The van der Waals surface area contributed by atoms with Gasteiger partial charge in [0.05, 0.1) is 14.2 Å². The number of halogens is 1. The number of rotatable bonds is 5. The van der Waals surface area contributed by atoms with Crippen molar-refractivity contribution in [3.05, 3.63) is 59.9 Å². The number of benzene rings is 2. The molecule has 0 atom stereocenters. The van der Waals surface area contributed by atoms with Crippen LogP contribution in [0.5, 0.6) is 11.5 Å². The van der Waals surface area contributed by atoms with Crippen molar-refractivity contribution < 1.29 is 18.7 Å². The summed E-state index contributed by atoms with van der Waals surface area (Å²) < 4.78 is 23.9. The van der Waals surface area contributed by atoms with Gasteiger partial charge in [-0.1, -0.05) is 12.1 Å². The van der Waals surface area contributed by atoms with Gasteiger partial charge in [-0.15, -0.1) is 0 Å². The van der Waals surface area contributed by atoms with Gasteiger partial charge < -0.3 is 19.3 Å². The summed E-state index contributed by atoms with van der Waals surface area (Å²) in [5.74, 6) is 0.489. The molecule has 0 radical (unpaired) electrons. The number of anilines is 1. The van der Waals surface area contributed by atoms with Crippen LogP contribution in [0.1, 0.15) is 5.56 Å². The van der Waals surface area contributed by atoms with Gasteiger partial charge >= 0.3 is 0 Å². The number of piperazine rings is 1. The van der Waals surface area contributed by atoms with Crippen molar-refractivity contribution in [2.24, 2.45) is 0 Å². The Labute approximate surface area is 158 Å². The molecule has 3 rings (SSSR count). The molecule has 0 saturated carbocycles. The van der Waals surface area contributed by atoms with E-state index < -0.39 is 5.82 Å². The van der Waals surface area contributed by atoms with E-state index in [1.165, 1.54) is 19.3 Å². The van der Waals surface area contributed by atoms with Crippen molar-refractivity contribution in [3.63, 3.8) is 0 Å². The zero-order valence-corrected chi connectivity index (χ0v) is 15.5. The Bertz CT molecular complexity index is 830. The summed E-state index contributed by atoms with van der Waals surface area (Å²) in [6.07, 6.45) is 3.11. The minimum absolute atomic E-state index is 0.0727. The molecular formula is C21H23FN2O3.